The first-order chi connectivity index (χ1) is 5.77. The minimum atomic E-state index is 0. The van der Waals surface area contributed by atoms with Crippen molar-refractivity contribution in [2.75, 3.05) is 40.4 Å². The van der Waals surface area contributed by atoms with Gasteiger partial charge in [0.15, 0.2) is 0 Å². The van der Waals surface area contributed by atoms with E-state index >= 15 is 0 Å². The molecule has 1 heterocycles. The van der Waals surface area contributed by atoms with E-state index in [-0.39, 0.29) is 24.0 Å². The molecule has 0 N–H and O–H groups in total. The SMILES string of the molecule is COCC[N+]1(C)CCCCCC1.[I-]. The highest BCUT2D eigenvalue weighted by Crippen LogP contribution is 2.15. The predicted octanol–water partition coefficient (Wildman–Crippen LogP) is -1.34. The lowest BCUT2D eigenvalue weighted by Gasteiger charge is -2.33. The average molecular weight is 299 g/mol. The fourth-order valence-electron chi connectivity index (χ4n) is 1.99. The fourth-order valence-corrected chi connectivity index (χ4v) is 1.99. The van der Waals surface area contributed by atoms with E-state index in [1.54, 1.807) is 7.11 Å². The van der Waals surface area contributed by atoms with Gasteiger partial charge >= 0.3 is 0 Å². The molecule has 80 valence electrons. The molecule has 0 aliphatic carbocycles. The van der Waals surface area contributed by atoms with Crippen molar-refractivity contribution in [1.29, 1.82) is 0 Å². The summed E-state index contributed by atoms with van der Waals surface area (Å²) in [6.07, 6.45) is 5.67. The number of rotatable bonds is 3. The van der Waals surface area contributed by atoms with E-state index in [0.717, 1.165) is 6.61 Å². The molecule has 1 saturated heterocycles. The number of hydrogen-bond donors (Lipinski definition) is 0. The molecule has 1 fully saturated rings. The maximum absolute atomic E-state index is 5.13. The predicted molar refractivity (Wildman–Crippen MR) is 51.1 cm³/mol. The summed E-state index contributed by atoms with van der Waals surface area (Å²) < 4.78 is 6.36. The number of hydrogen-bond acceptors (Lipinski definition) is 1. The van der Waals surface area contributed by atoms with Crippen molar-refractivity contribution in [2.45, 2.75) is 25.7 Å². The highest BCUT2D eigenvalue weighted by molar-refractivity contribution is 4.51. The van der Waals surface area contributed by atoms with E-state index < -0.39 is 0 Å². The van der Waals surface area contributed by atoms with Gasteiger partial charge < -0.3 is 33.2 Å². The molecule has 1 rings (SSSR count). The van der Waals surface area contributed by atoms with Crippen molar-refractivity contribution >= 4 is 0 Å². The number of ether oxygens (including phenoxy) is 1. The van der Waals surface area contributed by atoms with E-state index in [2.05, 4.69) is 7.05 Å². The van der Waals surface area contributed by atoms with Crippen LogP contribution in [0, 0.1) is 0 Å². The van der Waals surface area contributed by atoms with E-state index in [4.69, 9.17) is 4.74 Å². The van der Waals surface area contributed by atoms with E-state index in [1.165, 1.54) is 49.8 Å². The van der Waals surface area contributed by atoms with Gasteiger partial charge in [-0.1, -0.05) is 0 Å². The molecule has 3 heteroatoms. The molecule has 0 aromatic heterocycles. The van der Waals surface area contributed by atoms with Gasteiger partial charge in [0, 0.05) is 7.11 Å². The second-order valence-corrected chi connectivity index (χ2v) is 4.20. The molecule has 2 nitrogen and oxygen atoms in total. The van der Waals surface area contributed by atoms with Crippen molar-refractivity contribution in [1.82, 2.24) is 0 Å². The smallest absolute Gasteiger partial charge is 0.102 e. The Kier molecular flexibility index (Phi) is 7.36. The highest BCUT2D eigenvalue weighted by Gasteiger charge is 2.22. The maximum atomic E-state index is 5.13. The first-order valence-corrected chi connectivity index (χ1v) is 5.09. The summed E-state index contributed by atoms with van der Waals surface area (Å²) in [5.74, 6) is 0. The Labute approximate surface area is 99.2 Å². The average Bonchev–Trinajstić information content (AvgIpc) is 2.27. The summed E-state index contributed by atoms with van der Waals surface area (Å²) in [5.41, 5.74) is 0. The van der Waals surface area contributed by atoms with Crippen LogP contribution in [-0.4, -0.2) is 44.9 Å². The van der Waals surface area contributed by atoms with Crippen LogP contribution < -0.4 is 24.0 Å². The third kappa shape index (κ3) is 5.18. The molecule has 13 heavy (non-hydrogen) atoms. The maximum Gasteiger partial charge on any atom is 0.102 e. The molecule has 0 spiro atoms. The van der Waals surface area contributed by atoms with Crippen LogP contribution in [0.1, 0.15) is 25.7 Å². The van der Waals surface area contributed by atoms with E-state index in [0.29, 0.717) is 0 Å². The van der Waals surface area contributed by atoms with Crippen LogP contribution in [0.15, 0.2) is 0 Å². The largest absolute Gasteiger partial charge is 1.00 e. The number of likely N-dealkylation sites (N-methyl/N-ethyl adjacent to an activating group) is 1. The van der Waals surface area contributed by atoms with E-state index in [9.17, 15) is 0 Å². The summed E-state index contributed by atoms with van der Waals surface area (Å²) in [6.45, 7) is 4.81. The van der Waals surface area contributed by atoms with Crippen LogP contribution in [-0.2, 0) is 4.74 Å². The molecule has 0 radical (unpaired) electrons. The molecule has 0 saturated carbocycles. The number of likely N-dealkylation sites (tertiary alicyclic amines) is 1. The molecule has 0 unspecified atom stereocenters. The molecule has 1 aliphatic heterocycles. The van der Waals surface area contributed by atoms with Crippen LogP contribution in [0.4, 0.5) is 0 Å². The minimum Gasteiger partial charge on any atom is -1.00 e. The summed E-state index contributed by atoms with van der Waals surface area (Å²) in [5, 5.41) is 0. The first-order valence-electron chi connectivity index (χ1n) is 5.09. The van der Waals surface area contributed by atoms with Gasteiger partial charge in [-0.3, -0.25) is 0 Å². The topological polar surface area (TPSA) is 9.23 Å². The van der Waals surface area contributed by atoms with Crippen molar-refractivity contribution < 1.29 is 33.2 Å². The number of quaternary nitrogens is 1. The number of nitrogens with zero attached hydrogens (tertiary/aromatic N) is 1. The minimum absolute atomic E-state index is 0. The van der Waals surface area contributed by atoms with Crippen LogP contribution in [0.3, 0.4) is 0 Å². The monoisotopic (exact) mass is 299 g/mol. The molecule has 0 bridgehead atoms. The molecule has 1 aliphatic rings. The Morgan fingerprint density at radius 1 is 1.08 bits per heavy atom. The second-order valence-electron chi connectivity index (χ2n) is 4.20. The number of methoxy groups -OCH3 is 1. The zero-order valence-corrected chi connectivity index (χ0v) is 11.0. The summed E-state index contributed by atoms with van der Waals surface area (Å²) in [4.78, 5) is 0. The third-order valence-corrected chi connectivity index (χ3v) is 2.98. The van der Waals surface area contributed by atoms with Gasteiger partial charge in [0.05, 0.1) is 26.7 Å². The zero-order chi connectivity index (χ0) is 8.86. The molecule has 0 aromatic carbocycles. The van der Waals surface area contributed by atoms with Gasteiger partial charge in [-0.05, 0) is 25.7 Å². The van der Waals surface area contributed by atoms with Gasteiger partial charge in [-0.2, -0.15) is 0 Å². The van der Waals surface area contributed by atoms with Gasteiger partial charge in [0.25, 0.3) is 0 Å². The van der Waals surface area contributed by atoms with Gasteiger partial charge in [0.2, 0.25) is 0 Å². The lowest BCUT2D eigenvalue weighted by atomic mass is 10.2. The number of halogens is 1. The Balaban J connectivity index is 0.00000144. The Hall–Kier alpha value is 0.650. The molecule has 0 atom stereocenters. The molecular weight excluding hydrogens is 277 g/mol. The van der Waals surface area contributed by atoms with E-state index in [1.807, 2.05) is 0 Å². The van der Waals surface area contributed by atoms with Gasteiger partial charge in [0.1, 0.15) is 6.54 Å². The third-order valence-electron chi connectivity index (χ3n) is 2.98. The second kappa shape index (κ2) is 7.01. The first kappa shape index (κ1) is 13.7. The van der Waals surface area contributed by atoms with Crippen LogP contribution in [0.25, 0.3) is 0 Å². The van der Waals surface area contributed by atoms with Gasteiger partial charge in [-0.15, -0.1) is 0 Å². The van der Waals surface area contributed by atoms with Crippen LogP contribution in [0.5, 0.6) is 0 Å². The summed E-state index contributed by atoms with van der Waals surface area (Å²) >= 11 is 0. The Bertz CT molecular complexity index is 122. The molecule has 0 aromatic rings. The van der Waals surface area contributed by atoms with Crippen molar-refractivity contribution in [2.24, 2.45) is 0 Å². The summed E-state index contributed by atoms with van der Waals surface area (Å²) in [6, 6.07) is 0. The van der Waals surface area contributed by atoms with Crippen molar-refractivity contribution in [3.05, 3.63) is 0 Å². The zero-order valence-electron chi connectivity index (χ0n) is 8.89. The van der Waals surface area contributed by atoms with Crippen molar-refractivity contribution in [3.63, 3.8) is 0 Å². The Morgan fingerprint density at radius 3 is 2.08 bits per heavy atom. The Morgan fingerprint density at radius 2 is 1.62 bits per heavy atom. The van der Waals surface area contributed by atoms with Crippen LogP contribution in [0.2, 0.25) is 0 Å². The molecular formula is C10H22INO. The standard InChI is InChI=1S/C10H22NO.HI/c1-11(9-10-12-2)7-5-3-4-6-8-11;/h3-10H2,1-2H3;1H/q+1;/p-1. The quantitative estimate of drug-likeness (QED) is 0.463. The lowest BCUT2D eigenvalue weighted by Crippen LogP contribution is -3.00. The normalized spacial score (nSPS) is 21.7. The fraction of sp³-hybridized carbons (Fsp3) is 1.00. The van der Waals surface area contributed by atoms with Gasteiger partial charge in [-0.25, -0.2) is 0 Å². The molecule has 0 amide bonds. The van der Waals surface area contributed by atoms with Crippen LogP contribution >= 0.6 is 0 Å². The lowest BCUT2D eigenvalue weighted by molar-refractivity contribution is -0.909. The summed E-state index contributed by atoms with van der Waals surface area (Å²) in [7, 11) is 4.16. The highest BCUT2D eigenvalue weighted by atomic mass is 127. The van der Waals surface area contributed by atoms with Crippen molar-refractivity contribution in [3.8, 4) is 0 Å².